The van der Waals surface area contributed by atoms with Gasteiger partial charge >= 0.3 is 7.82 Å². The van der Waals surface area contributed by atoms with Crippen molar-refractivity contribution < 1.29 is 28.4 Å². The van der Waals surface area contributed by atoms with Crippen molar-refractivity contribution in [2.45, 2.75) is 206 Å². The van der Waals surface area contributed by atoms with Gasteiger partial charge in [0.2, 0.25) is 5.91 Å². The Labute approximate surface area is 302 Å². The van der Waals surface area contributed by atoms with Gasteiger partial charge in [0.05, 0.1) is 25.4 Å². The van der Waals surface area contributed by atoms with Crippen molar-refractivity contribution in [2.75, 3.05) is 19.8 Å². The molecule has 0 saturated carbocycles. The molecule has 1 unspecified atom stereocenters. The summed E-state index contributed by atoms with van der Waals surface area (Å²) >= 11 is 0. The normalized spacial score (nSPS) is 14.5. The van der Waals surface area contributed by atoms with Crippen LogP contribution in [0.2, 0.25) is 0 Å². The molecular weight excluding hydrogens is 635 g/mol. The van der Waals surface area contributed by atoms with E-state index in [-0.39, 0.29) is 25.7 Å². The maximum absolute atomic E-state index is 12.7. The van der Waals surface area contributed by atoms with Gasteiger partial charge in [0, 0.05) is 13.0 Å². The molecule has 0 aliphatic carbocycles. The first-order valence-corrected chi connectivity index (χ1v) is 22.0. The van der Waals surface area contributed by atoms with E-state index in [1.165, 1.54) is 141 Å². The van der Waals surface area contributed by atoms with Crippen molar-refractivity contribution >= 4 is 13.7 Å². The van der Waals surface area contributed by atoms with E-state index in [1.807, 2.05) is 6.08 Å². The first-order valence-electron chi connectivity index (χ1n) is 20.5. The fourth-order valence-corrected chi connectivity index (χ4v) is 6.71. The number of rotatable bonds is 38. The number of unbranched alkanes of at least 4 members (excludes halogenated alkanes) is 25. The number of hydrogen-bond acceptors (Lipinski definition) is 6. The second kappa shape index (κ2) is 36.8. The third kappa shape index (κ3) is 35.2. The minimum Gasteiger partial charge on any atom is -0.387 e. The molecule has 0 spiro atoms. The SMILES string of the molecule is CCCCCCC/C=C/C=C/[C@@H](O)[C@H](COP(=O)(O)OCCN)NC(=O)CCCCCCCCCCCCCCCCCCCCCCC. The summed E-state index contributed by atoms with van der Waals surface area (Å²) in [5.41, 5.74) is 5.35. The Balaban J connectivity index is 4.09. The molecule has 0 radical (unpaired) electrons. The first kappa shape index (κ1) is 48.0. The van der Waals surface area contributed by atoms with Crippen LogP contribution in [0.25, 0.3) is 0 Å². The molecule has 0 aromatic rings. The number of nitrogens with two attached hydrogens (primary N) is 1. The van der Waals surface area contributed by atoms with Gasteiger partial charge < -0.3 is 21.1 Å². The standard InChI is InChI=1S/C40H79N2O6P/c1-3-5-7-9-11-13-14-15-16-17-18-19-20-21-22-23-24-26-28-30-32-34-40(44)42-38(37-48-49(45,46)47-36-35-41)39(43)33-31-29-27-25-12-10-8-6-4-2/h27,29,31,33,38-39,43H,3-26,28,30,32,34-37,41H2,1-2H3,(H,42,44)(H,45,46)/b29-27+,33-31+/t38-,39+/m0/s1. The molecule has 0 aliphatic rings. The molecule has 8 nitrogen and oxygen atoms in total. The van der Waals surface area contributed by atoms with Gasteiger partial charge in [0.25, 0.3) is 0 Å². The number of carbonyl (C=O) groups is 1. The van der Waals surface area contributed by atoms with Crippen LogP contribution < -0.4 is 11.1 Å². The summed E-state index contributed by atoms with van der Waals surface area (Å²) in [6.45, 7) is 4.06. The molecule has 1 amide bonds. The molecule has 0 aromatic carbocycles. The molecule has 9 heteroatoms. The zero-order valence-electron chi connectivity index (χ0n) is 31.9. The predicted molar refractivity (Wildman–Crippen MR) is 208 cm³/mol. The van der Waals surface area contributed by atoms with Crippen LogP contribution in [-0.4, -0.2) is 47.8 Å². The second-order valence-electron chi connectivity index (χ2n) is 13.9. The van der Waals surface area contributed by atoms with Crippen molar-refractivity contribution in [3.8, 4) is 0 Å². The van der Waals surface area contributed by atoms with E-state index in [4.69, 9.17) is 14.8 Å². The highest BCUT2D eigenvalue weighted by atomic mass is 31.2. The lowest BCUT2D eigenvalue weighted by molar-refractivity contribution is -0.123. The van der Waals surface area contributed by atoms with Gasteiger partial charge in [-0.1, -0.05) is 192 Å². The molecule has 0 aliphatic heterocycles. The molecule has 5 N–H and O–H groups in total. The summed E-state index contributed by atoms with van der Waals surface area (Å²) in [7, 11) is -4.34. The fraction of sp³-hybridized carbons (Fsp3) is 0.875. The van der Waals surface area contributed by atoms with Crippen molar-refractivity contribution in [1.29, 1.82) is 0 Å². The van der Waals surface area contributed by atoms with E-state index in [2.05, 4.69) is 25.2 Å². The maximum atomic E-state index is 12.7. The van der Waals surface area contributed by atoms with Gasteiger partial charge in [-0.25, -0.2) is 4.57 Å². The number of nitrogens with one attached hydrogen (secondary N) is 1. The monoisotopic (exact) mass is 715 g/mol. The number of amides is 1. The number of aliphatic hydroxyl groups excluding tert-OH is 1. The minimum absolute atomic E-state index is 0.0733. The third-order valence-electron chi connectivity index (χ3n) is 9.09. The summed E-state index contributed by atoms with van der Waals surface area (Å²) in [5.74, 6) is -0.211. The van der Waals surface area contributed by atoms with Crippen molar-refractivity contribution in [3.63, 3.8) is 0 Å². The lowest BCUT2D eigenvalue weighted by Gasteiger charge is -2.23. The Kier molecular flexibility index (Phi) is 36.0. The number of phosphoric ester groups is 1. The number of hydrogen-bond donors (Lipinski definition) is 4. The Morgan fingerprint density at radius 1 is 0.673 bits per heavy atom. The molecule has 0 aromatic heterocycles. The lowest BCUT2D eigenvalue weighted by atomic mass is 10.0. The Bertz CT molecular complexity index is 825. The highest BCUT2D eigenvalue weighted by molar-refractivity contribution is 7.47. The molecule has 0 saturated heterocycles. The van der Waals surface area contributed by atoms with Crippen LogP contribution in [0, 0.1) is 0 Å². The van der Waals surface area contributed by atoms with E-state index in [0.717, 1.165) is 32.1 Å². The van der Waals surface area contributed by atoms with E-state index in [1.54, 1.807) is 12.2 Å². The van der Waals surface area contributed by atoms with Crippen molar-refractivity contribution in [3.05, 3.63) is 24.3 Å². The number of aliphatic hydroxyl groups is 1. The van der Waals surface area contributed by atoms with E-state index in [9.17, 15) is 19.4 Å². The van der Waals surface area contributed by atoms with Gasteiger partial charge in [0.1, 0.15) is 0 Å². The average molecular weight is 715 g/mol. The molecule has 49 heavy (non-hydrogen) atoms. The zero-order valence-corrected chi connectivity index (χ0v) is 32.8. The summed E-state index contributed by atoms with van der Waals surface area (Å²) in [6.07, 6.45) is 41.1. The first-order chi connectivity index (χ1) is 23.9. The van der Waals surface area contributed by atoms with Crippen LogP contribution in [0.1, 0.15) is 194 Å². The largest absolute Gasteiger partial charge is 0.472 e. The Morgan fingerprint density at radius 2 is 1.10 bits per heavy atom. The second-order valence-corrected chi connectivity index (χ2v) is 15.3. The topological polar surface area (TPSA) is 131 Å². The average Bonchev–Trinajstić information content (AvgIpc) is 3.09. The van der Waals surface area contributed by atoms with Crippen molar-refractivity contribution in [1.82, 2.24) is 5.32 Å². The van der Waals surface area contributed by atoms with Gasteiger partial charge in [-0.05, 0) is 19.3 Å². The Hall–Kier alpha value is -1.02. The summed E-state index contributed by atoms with van der Waals surface area (Å²) in [4.78, 5) is 22.6. The van der Waals surface area contributed by atoms with Gasteiger partial charge in [-0.15, -0.1) is 0 Å². The van der Waals surface area contributed by atoms with Crippen LogP contribution in [0.3, 0.4) is 0 Å². The van der Waals surface area contributed by atoms with Gasteiger partial charge in [0.15, 0.2) is 0 Å². The molecule has 290 valence electrons. The molecular formula is C40H79N2O6P. The van der Waals surface area contributed by atoms with Crippen LogP contribution in [-0.2, 0) is 18.4 Å². The number of allylic oxidation sites excluding steroid dienone is 3. The van der Waals surface area contributed by atoms with E-state index < -0.39 is 20.0 Å². The molecule has 0 bridgehead atoms. The van der Waals surface area contributed by atoms with Crippen LogP contribution in [0.15, 0.2) is 24.3 Å². The van der Waals surface area contributed by atoms with E-state index >= 15 is 0 Å². The third-order valence-corrected chi connectivity index (χ3v) is 10.1. The smallest absolute Gasteiger partial charge is 0.387 e. The Morgan fingerprint density at radius 3 is 1.55 bits per heavy atom. The number of phosphoric acid groups is 1. The highest BCUT2D eigenvalue weighted by Gasteiger charge is 2.26. The number of carbonyl (C=O) groups excluding carboxylic acids is 1. The summed E-state index contributed by atoms with van der Waals surface area (Å²) in [5, 5.41) is 13.5. The van der Waals surface area contributed by atoms with E-state index in [0.29, 0.717) is 6.42 Å². The van der Waals surface area contributed by atoms with Gasteiger partial charge in [-0.2, -0.15) is 0 Å². The van der Waals surface area contributed by atoms with Crippen LogP contribution in [0.5, 0.6) is 0 Å². The predicted octanol–water partition coefficient (Wildman–Crippen LogP) is 11.0. The fourth-order valence-electron chi connectivity index (χ4n) is 5.95. The molecule has 3 atom stereocenters. The summed E-state index contributed by atoms with van der Waals surface area (Å²) < 4.78 is 22.0. The van der Waals surface area contributed by atoms with Crippen molar-refractivity contribution in [2.24, 2.45) is 5.73 Å². The minimum atomic E-state index is -4.34. The zero-order chi connectivity index (χ0) is 36.1. The highest BCUT2D eigenvalue weighted by Crippen LogP contribution is 2.43. The maximum Gasteiger partial charge on any atom is 0.472 e. The lowest BCUT2D eigenvalue weighted by Crippen LogP contribution is -2.45. The summed E-state index contributed by atoms with van der Waals surface area (Å²) in [6, 6.07) is -0.886. The van der Waals surface area contributed by atoms with Crippen LogP contribution in [0.4, 0.5) is 0 Å². The molecule has 0 fully saturated rings. The quantitative estimate of drug-likeness (QED) is 0.0284. The molecule has 0 rings (SSSR count). The molecule has 0 heterocycles. The van der Waals surface area contributed by atoms with Gasteiger partial charge in [-0.3, -0.25) is 13.8 Å². The van der Waals surface area contributed by atoms with Crippen LogP contribution >= 0.6 is 7.82 Å².